The summed E-state index contributed by atoms with van der Waals surface area (Å²) in [6, 6.07) is 10.6. The number of hydrogen-bond donors (Lipinski definition) is 2. The summed E-state index contributed by atoms with van der Waals surface area (Å²) in [6.45, 7) is 2.02. The minimum Gasteiger partial charge on any atom is -0.447 e. The number of H-pyrrole nitrogens is 1. The number of carbonyl (C=O) groups is 2. The standard InChI is InChI=1S/C20H23N3O3/c24-18(15-10-20(11-15)12-26-19(25)22-20)23-7-5-13(6-8-23)17-9-14-3-1-2-4-16(14)21-17/h1-4,9,13,15,21H,5-8,10-12H2,(H,22,25)/t15-,20+. The summed E-state index contributed by atoms with van der Waals surface area (Å²) in [5, 5.41) is 4.11. The highest BCUT2D eigenvalue weighted by Gasteiger charge is 2.53. The molecule has 6 heteroatoms. The first-order valence-corrected chi connectivity index (χ1v) is 9.43. The maximum absolute atomic E-state index is 12.8. The molecular formula is C20H23N3O3. The van der Waals surface area contributed by atoms with E-state index in [-0.39, 0.29) is 23.5 Å². The highest BCUT2D eigenvalue weighted by molar-refractivity contribution is 5.82. The van der Waals surface area contributed by atoms with Crippen LogP contribution in [0.2, 0.25) is 0 Å². The first-order chi connectivity index (χ1) is 12.6. The zero-order chi connectivity index (χ0) is 17.7. The number of cyclic esters (lactones) is 1. The molecule has 1 aliphatic carbocycles. The summed E-state index contributed by atoms with van der Waals surface area (Å²) in [7, 11) is 0. The van der Waals surface area contributed by atoms with Crippen molar-refractivity contribution in [2.24, 2.45) is 5.92 Å². The molecule has 2 saturated heterocycles. The summed E-state index contributed by atoms with van der Waals surface area (Å²) in [4.78, 5) is 29.5. The van der Waals surface area contributed by atoms with Gasteiger partial charge in [0.15, 0.2) is 0 Å². The van der Waals surface area contributed by atoms with Crippen LogP contribution >= 0.6 is 0 Å². The predicted molar refractivity (Wildman–Crippen MR) is 96.8 cm³/mol. The number of alkyl carbamates (subject to hydrolysis) is 1. The average molecular weight is 353 g/mol. The van der Waals surface area contributed by atoms with Gasteiger partial charge in [0, 0.05) is 36.1 Å². The van der Waals surface area contributed by atoms with E-state index in [1.807, 2.05) is 11.0 Å². The van der Waals surface area contributed by atoms with Gasteiger partial charge in [0.2, 0.25) is 5.91 Å². The van der Waals surface area contributed by atoms with Gasteiger partial charge in [-0.05, 0) is 43.2 Å². The van der Waals surface area contributed by atoms with Crippen molar-refractivity contribution in [1.29, 1.82) is 0 Å². The number of carbonyl (C=O) groups excluding carboxylic acids is 2. The van der Waals surface area contributed by atoms with Gasteiger partial charge in [-0.2, -0.15) is 0 Å². The highest BCUT2D eigenvalue weighted by atomic mass is 16.6. The molecule has 26 heavy (non-hydrogen) atoms. The molecule has 0 atom stereocenters. The molecule has 1 spiro atoms. The van der Waals surface area contributed by atoms with Crippen LogP contribution in [0.3, 0.4) is 0 Å². The molecule has 136 valence electrons. The molecule has 1 aromatic carbocycles. The third kappa shape index (κ3) is 2.55. The number of aromatic amines is 1. The van der Waals surface area contributed by atoms with Crippen LogP contribution in [-0.4, -0.2) is 47.1 Å². The predicted octanol–water partition coefficient (Wildman–Crippen LogP) is 2.76. The smallest absolute Gasteiger partial charge is 0.407 e. The van der Waals surface area contributed by atoms with Crippen molar-refractivity contribution in [2.75, 3.05) is 19.7 Å². The van der Waals surface area contributed by atoms with Gasteiger partial charge in [-0.15, -0.1) is 0 Å². The Morgan fingerprint density at radius 1 is 1.19 bits per heavy atom. The molecule has 2 amide bonds. The molecule has 0 radical (unpaired) electrons. The normalized spacial score (nSPS) is 28.8. The first kappa shape index (κ1) is 15.7. The number of nitrogens with zero attached hydrogens (tertiary/aromatic N) is 1. The van der Waals surface area contributed by atoms with Crippen molar-refractivity contribution < 1.29 is 14.3 Å². The van der Waals surface area contributed by atoms with E-state index in [1.54, 1.807) is 0 Å². The number of likely N-dealkylation sites (tertiary alicyclic amines) is 1. The van der Waals surface area contributed by atoms with Crippen molar-refractivity contribution in [3.8, 4) is 0 Å². The molecule has 1 aromatic heterocycles. The molecular weight excluding hydrogens is 330 g/mol. The van der Waals surface area contributed by atoms with Crippen LogP contribution < -0.4 is 5.32 Å². The minimum absolute atomic E-state index is 0.0293. The monoisotopic (exact) mass is 353 g/mol. The van der Waals surface area contributed by atoms with E-state index in [0.717, 1.165) is 25.9 Å². The number of hydrogen-bond acceptors (Lipinski definition) is 3. The Kier molecular flexibility index (Phi) is 3.48. The number of rotatable bonds is 2. The maximum Gasteiger partial charge on any atom is 0.407 e. The van der Waals surface area contributed by atoms with E-state index >= 15 is 0 Å². The molecule has 3 fully saturated rings. The molecule has 6 nitrogen and oxygen atoms in total. The molecule has 3 aliphatic rings. The fraction of sp³-hybridized carbons (Fsp3) is 0.500. The second kappa shape index (κ2) is 5.76. The summed E-state index contributed by atoms with van der Waals surface area (Å²) in [6.07, 6.45) is 3.06. The van der Waals surface area contributed by atoms with Crippen molar-refractivity contribution in [1.82, 2.24) is 15.2 Å². The first-order valence-electron chi connectivity index (χ1n) is 9.43. The van der Waals surface area contributed by atoms with Crippen LogP contribution in [-0.2, 0) is 9.53 Å². The minimum atomic E-state index is -0.352. The summed E-state index contributed by atoms with van der Waals surface area (Å²) >= 11 is 0. The molecule has 3 heterocycles. The number of aromatic nitrogens is 1. The number of ether oxygens (including phenoxy) is 1. The maximum atomic E-state index is 12.8. The van der Waals surface area contributed by atoms with Crippen LogP contribution in [0.25, 0.3) is 10.9 Å². The lowest BCUT2D eigenvalue weighted by atomic mass is 9.68. The lowest BCUT2D eigenvalue weighted by Crippen LogP contribution is -2.58. The quantitative estimate of drug-likeness (QED) is 0.872. The van der Waals surface area contributed by atoms with Crippen LogP contribution in [0, 0.1) is 5.92 Å². The molecule has 2 aliphatic heterocycles. The summed E-state index contributed by atoms with van der Waals surface area (Å²) in [5.41, 5.74) is 2.19. The van der Waals surface area contributed by atoms with E-state index in [2.05, 4.69) is 34.6 Å². The lowest BCUT2D eigenvalue weighted by Gasteiger charge is -2.44. The van der Waals surface area contributed by atoms with Crippen molar-refractivity contribution in [3.05, 3.63) is 36.0 Å². The number of amides is 2. The van der Waals surface area contributed by atoms with Gasteiger partial charge in [-0.25, -0.2) is 4.79 Å². The Labute approximate surface area is 151 Å². The Hall–Kier alpha value is -2.50. The third-order valence-electron chi connectivity index (χ3n) is 6.27. The van der Waals surface area contributed by atoms with E-state index in [4.69, 9.17) is 4.74 Å². The summed E-state index contributed by atoms with van der Waals surface area (Å²) in [5.74, 6) is 0.759. The zero-order valence-electron chi connectivity index (χ0n) is 14.7. The van der Waals surface area contributed by atoms with Crippen molar-refractivity contribution >= 4 is 22.9 Å². The van der Waals surface area contributed by atoms with Crippen molar-refractivity contribution in [3.63, 3.8) is 0 Å². The Morgan fingerprint density at radius 3 is 2.65 bits per heavy atom. The van der Waals surface area contributed by atoms with Gasteiger partial charge < -0.3 is 19.9 Å². The molecule has 1 saturated carbocycles. The third-order valence-corrected chi connectivity index (χ3v) is 6.27. The van der Waals surface area contributed by atoms with Gasteiger partial charge in [0.05, 0.1) is 5.54 Å². The van der Waals surface area contributed by atoms with Crippen molar-refractivity contribution in [2.45, 2.75) is 37.1 Å². The largest absolute Gasteiger partial charge is 0.447 e. The van der Waals surface area contributed by atoms with Crippen LogP contribution in [0.1, 0.15) is 37.3 Å². The molecule has 5 rings (SSSR count). The van der Waals surface area contributed by atoms with Gasteiger partial charge in [0.25, 0.3) is 0 Å². The fourth-order valence-corrected chi connectivity index (χ4v) is 4.76. The second-order valence-electron chi connectivity index (χ2n) is 8.00. The SMILES string of the molecule is O=C1N[C@]2(CO1)C[C@H](C(=O)N1CCC(c3cc4ccccc4[nH]3)CC1)C2. The number of piperidine rings is 1. The Morgan fingerprint density at radius 2 is 1.96 bits per heavy atom. The van der Waals surface area contributed by atoms with Crippen LogP contribution in [0.15, 0.2) is 30.3 Å². The molecule has 0 bridgehead atoms. The number of fused-ring (bicyclic) bond motifs is 1. The zero-order valence-corrected chi connectivity index (χ0v) is 14.7. The van der Waals surface area contributed by atoms with Crippen LogP contribution in [0.4, 0.5) is 4.79 Å². The van der Waals surface area contributed by atoms with Gasteiger partial charge in [-0.3, -0.25) is 4.79 Å². The molecule has 2 aromatic rings. The summed E-state index contributed by atoms with van der Waals surface area (Å²) < 4.78 is 4.99. The Bertz CT molecular complexity index is 827. The lowest BCUT2D eigenvalue weighted by molar-refractivity contribution is -0.142. The fourth-order valence-electron chi connectivity index (χ4n) is 4.76. The highest BCUT2D eigenvalue weighted by Crippen LogP contribution is 2.42. The Balaban J connectivity index is 1.18. The molecule has 0 unspecified atom stereocenters. The second-order valence-corrected chi connectivity index (χ2v) is 8.00. The van der Waals surface area contributed by atoms with E-state index in [1.165, 1.54) is 16.6 Å². The van der Waals surface area contributed by atoms with Crippen LogP contribution in [0.5, 0.6) is 0 Å². The van der Waals surface area contributed by atoms with Gasteiger partial charge in [-0.1, -0.05) is 18.2 Å². The van der Waals surface area contributed by atoms with Gasteiger partial charge in [0.1, 0.15) is 6.61 Å². The van der Waals surface area contributed by atoms with E-state index in [0.29, 0.717) is 25.4 Å². The average Bonchev–Trinajstić information content (AvgIpc) is 3.23. The van der Waals surface area contributed by atoms with E-state index < -0.39 is 0 Å². The molecule has 2 N–H and O–H groups in total. The topological polar surface area (TPSA) is 74.4 Å². The number of para-hydroxylation sites is 1. The van der Waals surface area contributed by atoms with E-state index in [9.17, 15) is 9.59 Å². The number of nitrogens with one attached hydrogen (secondary N) is 2. The van der Waals surface area contributed by atoms with Gasteiger partial charge >= 0.3 is 6.09 Å². The number of benzene rings is 1.